The van der Waals surface area contributed by atoms with Gasteiger partial charge in [0.05, 0.1) is 11.6 Å². The maximum atomic E-state index is 12.5. The van der Waals surface area contributed by atoms with Gasteiger partial charge in [0.25, 0.3) is 10.0 Å². The van der Waals surface area contributed by atoms with E-state index in [-0.39, 0.29) is 6.10 Å². The fourth-order valence-corrected chi connectivity index (χ4v) is 4.94. The molecular weight excluding hydrogens is 308 g/mol. The summed E-state index contributed by atoms with van der Waals surface area (Å²) in [6.07, 6.45) is 0.579. The van der Waals surface area contributed by atoms with E-state index in [1.165, 1.54) is 11.3 Å². The van der Waals surface area contributed by atoms with Gasteiger partial charge in [0, 0.05) is 19.2 Å². The molecule has 1 aromatic rings. The Hall–Kier alpha value is -0.470. The van der Waals surface area contributed by atoms with Gasteiger partial charge in [-0.05, 0) is 37.3 Å². The Labute approximate surface area is 131 Å². The molecule has 0 spiro atoms. The first-order valence-electron chi connectivity index (χ1n) is 7.19. The van der Waals surface area contributed by atoms with Gasteiger partial charge in [-0.1, -0.05) is 13.8 Å². The quantitative estimate of drug-likeness (QED) is 0.837. The lowest BCUT2D eigenvalue weighted by atomic mass is 9.97. The first-order valence-corrected chi connectivity index (χ1v) is 9.55. The van der Waals surface area contributed by atoms with Crippen molar-refractivity contribution in [3.63, 3.8) is 0 Å². The zero-order chi connectivity index (χ0) is 15.7. The summed E-state index contributed by atoms with van der Waals surface area (Å²) >= 11 is 1.26. The Bertz CT molecular complexity index is 583. The molecule has 21 heavy (non-hydrogen) atoms. The van der Waals surface area contributed by atoms with Crippen molar-refractivity contribution in [2.45, 2.75) is 62.6 Å². The highest BCUT2D eigenvalue weighted by Crippen LogP contribution is 2.29. The molecule has 1 aliphatic heterocycles. The lowest BCUT2D eigenvalue weighted by molar-refractivity contribution is 0.0957. The van der Waals surface area contributed by atoms with Crippen LogP contribution in [0.15, 0.2) is 15.7 Å². The van der Waals surface area contributed by atoms with E-state index in [9.17, 15) is 8.42 Å². The fraction of sp³-hybridized carbons (Fsp3) is 0.714. The van der Waals surface area contributed by atoms with Crippen LogP contribution in [0, 0.1) is 0 Å². The van der Waals surface area contributed by atoms with Crippen molar-refractivity contribution in [3.05, 3.63) is 17.0 Å². The van der Waals surface area contributed by atoms with Crippen molar-refractivity contribution in [3.8, 4) is 0 Å². The topological polar surface area (TPSA) is 67.4 Å². The van der Waals surface area contributed by atoms with Crippen molar-refractivity contribution in [2.24, 2.45) is 0 Å². The van der Waals surface area contributed by atoms with Gasteiger partial charge >= 0.3 is 0 Å². The van der Waals surface area contributed by atoms with Gasteiger partial charge in [0.15, 0.2) is 0 Å². The average molecular weight is 332 g/mol. The van der Waals surface area contributed by atoms with E-state index in [1.54, 1.807) is 6.07 Å². The van der Waals surface area contributed by atoms with Crippen LogP contribution in [0.5, 0.6) is 0 Å². The third-order valence-electron chi connectivity index (χ3n) is 3.86. The van der Waals surface area contributed by atoms with E-state index in [1.807, 2.05) is 19.2 Å². The highest BCUT2D eigenvalue weighted by molar-refractivity contribution is 7.91. The maximum Gasteiger partial charge on any atom is 0.250 e. The molecule has 5 nitrogen and oxygen atoms in total. The minimum Gasteiger partial charge on any atom is -0.376 e. The Balaban J connectivity index is 2.09. The van der Waals surface area contributed by atoms with E-state index >= 15 is 0 Å². The number of nitrogens with one attached hydrogen (secondary N) is 2. The highest BCUT2D eigenvalue weighted by Gasteiger charge is 2.40. The standard InChI is InChI=1S/C14H24N2O3S2/c1-10(2)15-8-12-7-13(20-9-12)21(17,18)16-14(4)5-6-19-11(14)3/h7,9-11,15-16H,5-6,8H2,1-4H3. The van der Waals surface area contributed by atoms with Crippen LogP contribution in [0.25, 0.3) is 0 Å². The fourth-order valence-electron chi connectivity index (χ4n) is 2.23. The molecule has 0 aliphatic carbocycles. The van der Waals surface area contributed by atoms with Crippen molar-refractivity contribution in [2.75, 3.05) is 6.61 Å². The highest BCUT2D eigenvalue weighted by atomic mass is 32.2. The van der Waals surface area contributed by atoms with E-state index in [4.69, 9.17) is 4.74 Å². The maximum absolute atomic E-state index is 12.5. The Kier molecular flexibility index (Phi) is 5.10. The average Bonchev–Trinajstić information content (AvgIpc) is 2.95. The van der Waals surface area contributed by atoms with Crippen molar-refractivity contribution in [1.82, 2.24) is 10.0 Å². The molecule has 0 saturated carbocycles. The second-order valence-corrected chi connectivity index (χ2v) is 8.92. The summed E-state index contributed by atoms with van der Waals surface area (Å²) < 4.78 is 33.7. The SMILES string of the molecule is CC(C)NCc1csc(S(=O)(=O)NC2(C)CCOC2C)c1. The van der Waals surface area contributed by atoms with Crippen molar-refractivity contribution >= 4 is 21.4 Å². The van der Waals surface area contributed by atoms with Crippen LogP contribution in [0.2, 0.25) is 0 Å². The third-order valence-corrected chi connectivity index (χ3v) is 6.96. The van der Waals surface area contributed by atoms with Crippen molar-refractivity contribution in [1.29, 1.82) is 0 Å². The third kappa shape index (κ3) is 4.04. The second-order valence-electron chi connectivity index (χ2n) is 6.10. The summed E-state index contributed by atoms with van der Waals surface area (Å²) in [5.41, 5.74) is 0.467. The molecule has 1 aliphatic rings. The smallest absolute Gasteiger partial charge is 0.250 e. The summed E-state index contributed by atoms with van der Waals surface area (Å²) in [6, 6.07) is 2.12. The predicted octanol–water partition coefficient (Wildman–Crippen LogP) is 2.09. The van der Waals surface area contributed by atoms with Gasteiger partial charge < -0.3 is 10.1 Å². The Morgan fingerprint density at radius 1 is 1.52 bits per heavy atom. The Morgan fingerprint density at radius 2 is 2.24 bits per heavy atom. The molecule has 1 fully saturated rings. The molecule has 1 saturated heterocycles. The molecule has 120 valence electrons. The molecule has 2 heterocycles. The van der Waals surface area contributed by atoms with Gasteiger partial charge in [0.1, 0.15) is 4.21 Å². The molecule has 2 unspecified atom stereocenters. The normalized spacial score (nSPS) is 26.6. The van der Waals surface area contributed by atoms with Crippen LogP contribution in [-0.4, -0.2) is 32.7 Å². The summed E-state index contributed by atoms with van der Waals surface area (Å²) in [4.78, 5) is 0. The first kappa shape index (κ1) is 16.9. The number of rotatable bonds is 6. The zero-order valence-corrected chi connectivity index (χ0v) is 14.6. The monoisotopic (exact) mass is 332 g/mol. The van der Waals surface area contributed by atoms with Crippen LogP contribution >= 0.6 is 11.3 Å². The minimum absolute atomic E-state index is 0.116. The van der Waals surface area contributed by atoms with Gasteiger partial charge in [-0.2, -0.15) is 0 Å². The molecular formula is C14H24N2O3S2. The summed E-state index contributed by atoms with van der Waals surface area (Å²) in [6.45, 7) is 9.20. The largest absolute Gasteiger partial charge is 0.376 e. The molecule has 0 bridgehead atoms. The van der Waals surface area contributed by atoms with Crippen LogP contribution in [0.1, 0.15) is 39.7 Å². The van der Waals surface area contributed by atoms with Crippen LogP contribution < -0.4 is 10.0 Å². The minimum atomic E-state index is -3.49. The summed E-state index contributed by atoms with van der Waals surface area (Å²) in [7, 11) is -3.49. The molecule has 7 heteroatoms. The van der Waals surface area contributed by atoms with E-state index < -0.39 is 15.6 Å². The molecule has 0 aromatic carbocycles. The summed E-state index contributed by atoms with van der Waals surface area (Å²) in [5.74, 6) is 0. The van der Waals surface area contributed by atoms with Gasteiger partial charge in [0.2, 0.25) is 0 Å². The first-order chi connectivity index (χ1) is 9.73. The summed E-state index contributed by atoms with van der Waals surface area (Å²) in [5, 5.41) is 5.18. The van der Waals surface area contributed by atoms with Crippen LogP contribution in [0.4, 0.5) is 0 Å². The number of hydrogen-bond acceptors (Lipinski definition) is 5. The molecule has 0 radical (unpaired) electrons. The predicted molar refractivity (Wildman–Crippen MR) is 85.1 cm³/mol. The number of ether oxygens (including phenoxy) is 1. The van der Waals surface area contributed by atoms with E-state index in [2.05, 4.69) is 23.9 Å². The van der Waals surface area contributed by atoms with E-state index in [0.29, 0.717) is 29.8 Å². The van der Waals surface area contributed by atoms with Gasteiger partial charge in [-0.3, -0.25) is 0 Å². The Morgan fingerprint density at radius 3 is 2.81 bits per heavy atom. The molecule has 2 atom stereocenters. The lowest BCUT2D eigenvalue weighted by Crippen LogP contribution is -2.50. The number of thiophene rings is 1. The zero-order valence-electron chi connectivity index (χ0n) is 13.0. The van der Waals surface area contributed by atoms with Crippen LogP contribution in [0.3, 0.4) is 0 Å². The molecule has 1 aromatic heterocycles. The van der Waals surface area contributed by atoms with Gasteiger partial charge in [-0.25, -0.2) is 13.1 Å². The molecule has 2 N–H and O–H groups in total. The number of sulfonamides is 1. The van der Waals surface area contributed by atoms with Crippen molar-refractivity contribution < 1.29 is 13.2 Å². The lowest BCUT2D eigenvalue weighted by Gasteiger charge is -2.28. The van der Waals surface area contributed by atoms with Gasteiger partial charge in [-0.15, -0.1) is 11.3 Å². The number of hydrogen-bond donors (Lipinski definition) is 2. The van der Waals surface area contributed by atoms with Crippen LogP contribution in [-0.2, 0) is 21.3 Å². The molecule has 0 amide bonds. The van der Waals surface area contributed by atoms with E-state index in [0.717, 1.165) is 5.56 Å². The second kappa shape index (κ2) is 6.34. The molecule has 2 rings (SSSR count).